The lowest BCUT2D eigenvalue weighted by Gasteiger charge is -1.87. The van der Waals surface area contributed by atoms with Crippen LogP contribution in [0.25, 0.3) is 0 Å². The maximum atomic E-state index is 10.4. The molecule has 9 heavy (non-hydrogen) atoms. The predicted molar refractivity (Wildman–Crippen MR) is 41.6 cm³/mol. The number of hydrogen-bond acceptors (Lipinski definition) is 2. The van der Waals surface area contributed by atoms with E-state index in [0.717, 1.165) is 19.2 Å². The van der Waals surface area contributed by atoms with Gasteiger partial charge in [-0.2, -0.15) is 0 Å². The quantitative estimate of drug-likeness (QED) is 0.454. The molecule has 0 aromatic carbocycles. The average molecular weight is 151 g/mol. The number of hydrogen-bond donors (Lipinski definition) is 0. The molecule has 0 heterocycles. The predicted octanol–water partition coefficient (Wildman–Crippen LogP) is 2.12. The Morgan fingerprint density at radius 2 is 2.11 bits per heavy atom. The van der Waals surface area contributed by atoms with Gasteiger partial charge in [0.2, 0.25) is 0 Å². The maximum Gasteiger partial charge on any atom is 0.335 e. The van der Waals surface area contributed by atoms with Gasteiger partial charge in [0.15, 0.2) is 0 Å². The molecule has 0 saturated heterocycles. The van der Waals surface area contributed by atoms with Crippen molar-refractivity contribution in [2.75, 3.05) is 26.5 Å². The summed E-state index contributed by atoms with van der Waals surface area (Å²) in [5, 5.41) is 0. The molecule has 0 fully saturated rings. The standard InChI is InChI=1S/C5H12O2P.CH4/c1-7-4-3-5-8(2)6;/h3-5H2,1-2H3;1H4/q+1;. The van der Waals surface area contributed by atoms with E-state index in [0.29, 0.717) is 0 Å². The number of ether oxygens (including phenoxy) is 1. The van der Waals surface area contributed by atoms with Crippen molar-refractivity contribution in [3.63, 3.8) is 0 Å². The zero-order chi connectivity index (χ0) is 6.41. The minimum absolute atomic E-state index is 0. The van der Waals surface area contributed by atoms with Crippen LogP contribution in [0.1, 0.15) is 13.8 Å². The molecular weight excluding hydrogens is 135 g/mol. The van der Waals surface area contributed by atoms with Gasteiger partial charge in [0.05, 0.1) is 6.61 Å². The van der Waals surface area contributed by atoms with Crippen LogP contribution in [-0.2, 0) is 9.30 Å². The first kappa shape index (κ1) is 11.8. The molecule has 0 rings (SSSR count). The highest BCUT2D eigenvalue weighted by atomic mass is 31.1. The van der Waals surface area contributed by atoms with Gasteiger partial charge in [-0.1, -0.05) is 12.0 Å². The van der Waals surface area contributed by atoms with Crippen molar-refractivity contribution in [1.82, 2.24) is 0 Å². The highest BCUT2D eigenvalue weighted by Gasteiger charge is 2.02. The summed E-state index contributed by atoms with van der Waals surface area (Å²) in [6.07, 6.45) is 1.71. The van der Waals surface area contributed by atoms with Crippen molar-refractivity contribution in [1.29, 1.82) is 0 Å². The Morgan fingerprint density at radius 3 is 2.44 bits per heavy atom. The van der Waals surface area contributed by atoms with Crippen LogP contribution in [0.5, 0.6) is 0 Å². The summed E-state index contributed by atoms with van der Waals surface area (Å²) < 4.78 is 15.2. The Hall–Kier alpha value is 0.0600. The summed E-state index contributed by atoms with van der Waals surface area (Å²) in [5.41, 5.74) is 0. The fourth-order valence-corrected chi connectivity index (χ4v) is 1.01. The molecular formula is C6H16O2P+. The van der Waals surface area contributed by atoms with Gasteiger partial charge in [0.1, 0.15) is 12.8 Å². The van der Waals surface area contributed by atoms with E-state index in [-0.39, 0.29) is 7.43 Å². The fourth-order valence-electron chi connectivity index (χ4n) is 0.432. The van der Waals surface area contributed by atoms with Gasteiger partial charge in [0.25, 0.3) is 0 Å². The van der Waals surface area contributed by atoms with Crippen LogP contribution in [0.2, 0.25) is 0 Å². The smallest absolute Gasteiger partial charge is 0.335 e. The first-order valence-electron chi connectivity index (χ1n) is 2.64. The van der Waals surface area contributed by atoms with Crippen molar-refractivity contribution in [2.24, 2.45) is 0 Å². The van der Waals surface area contributed by atoms with Crippen molar-refractivity contribution in [2.45, 2.75) is 13.8 Å². The minimum Gasteiger partial charge on any atom is -0.385 e. The van der Waals surface area contributed by atoms with Crippen molar-refractivity contribution >= 4 is 7.80 Å². The summed E-state index contributed by atoms with van der Waals surface area (Å²) in [5.74, 6) is 0. The maximum absolute atomic E-state index is 10.4. The Labute approximate surface area is 58.4 Å². The molecule has 0 aromatic rings. The second kappa shape index (κ2) is 8.06. The molecule has 56 valence electrons. The van der Waals surface area contributed by atoms with Crippen LogP contribution < -0.4 is 0 Å². The SMILES string of the molecule is C.COCCC[P+](C)=O. The summed E-state index contributed by atoms with van der Waals surface area (Å²) in [6, 6.07) is 0. The van der Waals surface area contributed by atoms with Crippen molar-refractivity contribution in [3.05, 3.63) is 0 Å². The molecule has 0 aromatic heterocycles. The Morgan fingerprint density at radius 1 is 1.56 bits per heavy atom. The molecule has 0 radical (unpaired) electrons. The zero-order valence-electron chi connectivity index (χ0n) is 5.39. The Bertz CT molecular complexity index is 73.5. The van der Waals surface area contributed by atoms with Crippen LogP contribution >= 0.6 is 7.80 Å². The fraction of sp³-hybridized carbons (Fsp3) is 1.00. The molecule has 0 aliphatic carbocycles. The van der Waals surface area contributed by atoms with Crippen molar-refractivity contribution < 1.29 is 9.30 Å². The first-order valence-corrected chi connectivity index (χ1v) is 4.53. The third kappa shape index (κ3) is 11.6. The molecule has 0 saturated carbocycles. The van der Waals surface area contributed by atoms with Gasteiger partial charge < -0.3 is 4.74 Å². The summed E-state index contributed by atoms with van der Waals surface area (Å²) in [6.45, 7) is 2.47. The van der Waals surface area contributed by atoms with E-state index in [1.807, 2.05) is 0 Å². The first-order chi connectivity index (χ1) is 3.77. The lowest BCUT2D eigenvalue weighted by atomic mass is 10.5. The second-order valence-electron chi connectivity index (χ2n) is 1.70. The van der Waals surface area contributed by atoms with Gasteiger partial charge in [0, 0.05) is 13.5 Å². The lowest BCUT2D eigenvalue weighted by Crippen LogP contribution is -1.88. The largest absolute Gasteiger partial charge is 0.385 e. The number of rotatable bonds is 4. The highest BCUT2D eigenvalue weighted by Crippen LogP contribution is 2.13. The van der Waals surface area contributed by atoms with E-state index in [2.05, 4.69) is 0 Å². The Balaban J connectivity index is 0. The van der Waals surface area contributed by atoms with Crippen LogP contribution in [-0.4, -0.2) is 26.5 Å². The molecule has 2 nitrogen and oxygen atoms in total. The van der Waals surface area contributed by atoms with Crippen LogP contribution in [0.3, 0.4) is 0 Å². The molecule has 1 unspecified atom stereocenters. The highest BCUT2D eigenvalue weighted by molar-refractivity contribution is 7.43. The molecule has 0 amide bonds. The van der Waals surface area contributed by atoms with Gasteiger partial charge >= 0.3 is 7.80 Å². The molecule has 0 spiro atoms. The summed E-state index contributed by atoms with van der Waals surface area (Å²) in [7, 11) is 0.713. The molecule has 1 atom stereocenters. The summed E-state index contributed by atoms with van der Waals surface area (Å²) in [4.78, 5) is 0. The van der Waals surface area contributed by atoms with E-state index in [1.54, 1.807) is 13.8 Å². The van der Waals surface area contributed by atoms with Crippen LogP contribution in [0.15, 0.2) is 0 Å². The lowest BCUT2D eigenvalue weighted by molar-refractivity contribution is 0.199. The summed E-state index contributed by atoms with van der Waals surface area (Å²) >= 11 is 0. The molecule has 3 heteroatoms. The van der Waals surface area contributed by atoms with E-state index >= 15 is 0 Å². The van der Waals surface area contributed by atoms with E-state index in [9.17, 15) is 4.57 Å². The average Bonchev–Trinajstić information content (AvgIpc) is 1.66. The van der Waals surface area contributed by atoms with Gasteiger partial charge in [-0.05, 0) is 0 Å². The normalized spacial score (nSPS) is 10.2. The molecule has 0 aliphatic heterocycles. The third-order valence-electron chi connectivity index (χ3n) is 0.821. The van der Waals surface area contributed by atoms with E-state index < -0.39 is 7.80 Å². The zero-order valence-corrected chi connectivity index (χ0v) is 6.28. The molecule has 0 bridgehead atoms. The minimum atomic E-state index is -0.942. The second-order valence-corrected chi connectivity index (χ2v) is 3.40. The van der Waals surface area contributed by atoms with E-state index in [4.69, 9.17) is 4.74 Å². The van der Waals surface area contributed by atoms with Crippen molar-refractivity contribution in [3.8, 4) is 0 Å². The Kier molecular flexibility index (Phi) is 10.6. The van der Waals surface area contributed by atoms with Crippen LogP contribution in [0, 0.1) is 0 Å². The molecule has 0 aliphatic rings. The van der Waals surface area contributed by atoms with Gasteiger partial charge in [-0.25, -0.2) is 0 Å². The van der Waals surface area contributed by atoms with E-state index in [1.165, 1.54) is 0 Å². The van der Waals surface area contributed by atoms with Gasteiger partial charge in [-0.3, -0.25) is 0 Å². The van der Waals surface area contributed by atoms with Gasteiger partial charge in [-0.15, -0.1) is 0 Å². The van der Waals surface area contributed by atoms with Crippen LogP contribution in [0.4, 0.5) is 0 Å². The topological polar surface area (TPSA) is 26.3 Å². The number of methoxy groups -OCH3 is 1. The third-order valence-corrected chi connectivity index (χ3v) is 1.77. The monoisotopic (exact) mass is 151 g/mol. The molecule has 0 N–H and O–H groups in total.